The zero-order valence-corrected chi connectivity index (χ0v) is 14.1. The van der Waals surface area contributed by atoms with Crippen molar-refractivity contribution in [1.82, 2.24) is 21.2 Å². The van der Waals surface area contributed by atoms with E-state index < -0.39 is 0 Å². The van der Waals surface area contributed by atoms with E-state index in [9.17, 15) is 4.79 Å². The Bertz CT molecular complexity index is 771. The fourth-order valence-corrected chi connectivity index (χ4v) is 2.88. The van der Waals surface area contributed by atoms with Gasteiger partial charge in [-0.15, -0.1) is 0 Å². The molecule has 1 aromatic carbocycles. The van der Waals surface area contributed by atoms with Crippen molar-refractivity contribution in [3.05, 3.63) is 48.3 Å². The number of ether oxygens (including phenoxy) is 3. The summed E-state index contributed by atoms with van der Waals surface area (Å²) in [4.78, 5) is 16.3. The van der Waals surface area contributed by atoms with Crippen LogP contribution in [0.4, 0.5) is 0 Å². The fourth-order valence-electron chi connectivity index (χ4n) is 2.88. The molecule has 3 N–H and O–H groups in total. The lowest BCUT2D eigenvalue weighted by atomic mass is 10.1. The molecule has 8 nitrogen and oxygen atoms in total. The van der Waals surface area contributed by atoms with Gasteiger partial charge in [0.25, 0.3) is 0 Å². The predicted octanol–water partition coefficient (Wildman–Crippen LogP) is 0.741. The van der Waals surface area contributed by atoms with Crippen LogP contribution in [0.3, 0.4) is 0 Å². The Balaban J connectivity index is 1.23. The summed E-state index contributed by atoms with van der Waals surface area (Å²) in [5.41, 5.74) is 7.09. The Morgan fingerprint density at radius 3 is 3.08 bits per heavy atom. The number of hydrogen-bond acceptors (Lipinski definition) is 7. The number of pyridine rings is 1. The van der Waals surface area contributed by atoms with E-state index in [0.29, 0.717) is 31.1 Å². The second-order valence-electron chi connectivity index (χ2n) is 6.18. The minimum Gasteiger partial charge on any atom is -0.492 e. The van der Waals surface area contributed by atoms with Gasteiger partial charge in [-0.1, -0.05) is 6.07 Å². The van der Waals surface area contributed by atoms with E-state index in [4.69, 9.17) is 14.2 Å². The van der Waals surface area contributed by atoms with Crippen LogP contribution in [-0.4, -0.2) is 36.4 Å². The third-order valence-corrected chi connectivity index (χ3v) is 4.28. The quantitative estimate of drug-likeness (QED) is 0.703. The maximum absolute atomic E-state index is 12.3. The Morgan fingerprint density at radius 1 is 1.27 bits per heavy atom. The number of hydrogen-bond donors (Lipinski definition) is 3. The largest absolute Gasteiger partial charge is 0.492 e. The smallest absolute Gasteiger partial charge is 0.238 e. The maximum Gasteiger partial charge on any atom is 0.238 e. The number of carbonyl (C=O) groups excluding carboxylic acids is 1. The number of amides is 1. The second-order valence-corrected chi connectivity index (χ2v) is 6.18. The fraction of sp³-hybridized carbons (Fsp3) is 0.333. The number of benzene rings is 1. The lowest BCUT2D eigenvalue weighted by molar-refractivity contribution is -0.123. The zero-order valence-electron chi connectivity index (χ0n) is 14.1. The molecule has 0 saturated carbocycles. The standard InChI is InChI=1S/C18H20N4O4/c23-18(20-9-12-2-1-5-19-8-12)15-6-13(21-22-15)10-24-14-3-4-16-17(7-14)26-11-25-16/h1-5,7-8,13,15,21-22H,6,9-11H2,(H,20,23). The van der Waals surface area contributed by atoms with Gasteiger partial charge in [-0.3, -0.25) is 15.2 Å². The summed E-state index contributed by atoms with van der Waals surface area (Å²) in [6.45, 7) is 1.14. The van der Waals surface area contributed by atoms with E-state index >= 15 is 0 Å². The van der Waals surface area contributed by atoms with E-state index in [2.05, 4.69) is 21.2 Å². The molecule has 0 spiro atoms. The topological polar surface area (TPSA) is 93.7 Å². The third-order valence-electron chi connectivity index (χ3n) is 4.28. The molecule has 1 amide bonds. The van der Waals surface area contributed by atoms with Crippen LogP contribution in [-0.2, 0) is 11.3 Å². The lowest BCUT2D eigenvalue weighted by Crippen LogP contribution is -2.43. The molecule has 4 rings (SSSR count). The highest BCUT2D eigenvalue weighted by Gasteiger charge is 2.29. The first kappa shape index (κ1) is 16.6. The van der Waals surface area contributed by atoms with Gasteiger partial charge in [0, 0.05) is 25.0 Å². The Kier molecular flexibility index (Phi) is 4.85. The highest BCUT2D eigenvalue weighted by molar-refractivity contribution is 5.82. The molecule has 0 bridgehead atoms. The summed E-state index contributed by atoms with van der Waals surface area (Å²) in [7, 11) is 0. The van der Waals surface area contributed by atoms with Gasteiger partial charge in [0.05, 0.1) is 6.04 Å². The molecule has 2 aromatic rings. The SMILES string of the molecule is O=C(NCc1cccnc1)C1CC(COc2ccc3c(c2)OCO3)NN1. The van der Waals surface area contributed by atoms with Crippen molar-refractivity contribution in [3.8, 4) is 17.2 Å². The molecule has 2 aliphatic rings. The van der Waals surface area contributed by atoms with Gasteiger partial charge in [-0.05, 0) is 30.2 Å². The summed E-state index contributed by atoms with van der Waals surface area (Å²) in [6.07, 6.45) is 4.09. The van der Waals surface area contributed by atoms with Crippen LogP contribution < -0.4 is 30.4 Å². The summed E-state index contributed by atoms with van der Waals surface area (Å²) >= 11 is 0. The molecule has 2 aliphatic heterocycles. The molecular weight excluding hydrogens is 336 g/mol. The summed E-state index contributed by atoms with van der Waals surface area (Å²) in [5, 5.41) is 2.91. The van der Waals surface area contributed by atoms with Gasteiger partial charge < -0.3 is 19.5 Å². The maximum atomic E-state index is 12.3. The number of nitrogens with zero attached hydrogens (tertiary/aromatic N) is 1. The number of rotatable bonds is 6. The molecule has 2 atom stereocenters. The van der Waals surface area contributed by atoms with Crippen LogP contribution in [0.2, 0.25) is 0 Å². The van der Waals surface area contributed by atoms with Crippen molar-refractivity contribution >= 4 is 5.91 Å². The highest BCUT2D eigenvalue weighted by atomic mass is 16.7. The molecule has 0 aliphatic carbocycles. The average Bonchev–Trinajstić information content (AvgIpc) is 3.34. The van der Waals surface area contributed by atoms with Gasteiger partial charge in [0.15, 0.2) is 11.5 Å². The molecule has 26 heavy (non-hydrogen) atoms. The van der Waals surface area contributed by atoms with E-state index in [0.717, 1.165) is 11.3 Å². The van der Waals surface area contributed by atoms with E-state index in [1.807, 2.05) is 30.3 Å². The molecule has 2 unspecified atom stereocenters. The molecule has 1 fully saturated rings. The van der Waals surface area contributed by atoms with Crippen molar-refractivity contribution in [2.45, 2.75) is 25.0 Å². The van der Waals surface area contributed by atoms with E-state index in [1.54, 1.807) is 12.4 Å². The first-order chi connectivity index (χ1) is 12.8. The van der Waals surface area contributed by atoms with Crippen LogP contribution in [0.15, 0.2) is 42.7 Å². The molecule has 8 heteroatoms. The Morgan fingerprint density at radius 2 is 2.19 bits per heavy atom. The van der Waals surface area contributed by atoms with Gasteiger partial charge in [-0.2, -0.15) is 0 Å². The number of fused-ring (bicyclic) bond motifs is 1. The van der Waals surface area contributed by atoms with Crippen LogP contribution in [0.25, 0.3) is 0 Å². The molecule has 3 heterocycles. The van der Waals surface area contributed by atoms with E-state index in [-0.39, 0.29) is 24.8 Å². The highest BCUT2D eigenvalue weighted by Crippen LogP contribution is 2.35. The monoisotopic (exact) mass is 356 g/mol. The Hall–Kier alpha value is -2.84. The predicted molar refractivity (Wildman–Crippen MR) is 92.6 cm³/mol. The van der Waals surface area contributed by atoms with Crippen molar-refractivity contribution in [1.29, 1.82) is 0 Å². The van der Waals surface area contributed by atoms with Crippen LogP contribution >= 0.6 is 0 Å². The summed E-state index contributed by atoms with van der Waals surface area (Å²) < 4.78 is 16.4. The van der Waals surface area contributed by atoms with Crippen molar-refractivity contribution in [2.24, 2.45) is 0 Å². The van der Waals surface area contributed by atoms with Gasteiger partial charge >= 0.3 is 0 Å². The lowest BCUT2D eigenvalue weighted by Gasteiger charge is -2.12. The minimum absolute atomic E-state index is 0.0366. The van der Waals surface area contributed by atoms with Gasteiger partial charge in [0.2, 0.25) is 12.7 Å². The van der Waals surface area contributed by atoms with Gasteiger partial charge in [0.1, 0.15) is 18.4 Å². The van der Waals surface area contributed by atoms with Crippen molar-refractivity contribution < 1.29 is 19.0 Å². The minimum atomic E-state index is -0.294. The molecule has 1 aromatic heterocycles. The first-order valence-corrected chi connectivity index (χ1v) is 8.48. The number of nitrogens with one attached hydrogen (secondary N) is 3. The van der Waals surface area contributed by atoms with Crippen LogP contribution in [0.1, 0.15) is 12.0 Å². The summed E-state index contributed by atoms with van der Waals surface area (Å²) in [6, 6.07) is 8.99. The third kappa shape index (κ3) is 3.87. The first-order valence-electron chi connectivity index (χ1n) is 8.48. The number of carbonyl (C=O) groups is 1. The van der Waals surface area contributed by atoms with Crippen molar-refractivity contribution in [3.63, 3.8) is 0 Å². The van der Waals surface area contributed by atoms with Gasteiger partial charge in [-0.25, -0.2) is 5.43 Å². The normalized spacial score (nSPS) is 20.8. The van der Waals surface area contributed by atoms with Crippen LogP contribution in [0.5, 0.6) is 17.2 Å². The summed E-state index contributed by atoms with van der Waals surface area (Å²) in [5.74, 6) is 2.07. The molecule has 0 radical (unpaired) electrons. The van der Waals surface area contributed by atoms with Crippen molar-refractivity contribution in [2.75, 3.05) is 13.4 Å². The molecular formula is C18H20N4O4. The number of hydrazine groups is 1. The molecule has 1 saturated heterocycles. The molecule has 136 valence electrons. The second kappa shape index (κ2) is 7.59. The Labute approximate surface area is 150 Å². The number of aromatic nitrogens is 1. The van der Waals surface area contributed by atoms with E-state index in [1.165, 1.54) is 0 Å². The average molecular weight is 356 g/mol. The van der Waals surface area contributed by atoms with Crippen LogP contribution in [0, 0.1) is 0 Å². The zero-order chi connectivity index (χ0) is 17.8.